The standard InChI is InChI=1S/C18H16N.C14H26O2.Ir/c1-12-9-13(2)11-15(10-12)17-8-7-16-14(3)5-4-6-18(16)19-17;1-13(2)7-5-6-9-8-14(3,4)12(16)10(9)11(13)15;/h4-10H,1-3H3;9-12,15-16H,5-8H2,1-4H3;/q-1;;. The zero-order valence-corrected chi connectivity index (χ0v) is 25.2. The van der Waals surface area contributed by atoms with Crippen molar-refractivity contribution in [2.45, 2.75) is 86.4 Å². The van der Waals surface area contributed by atoms with Crippen LogP contribution in [0.15, 0.2) is 42.5 Å². The predicted octanol–water partition coefficient (Wildman–Crippen LogP) is 7.21. The number of aryl methyl sites for hydroxylation is 3. The van der Waals surface area contributed by atoms with Gasteiger partial charge in [-0.05, 0) is 60.3 Å². The Morgan fingerprint density at radius 3 is 2.31 bits per heavy atom. The van der Waals surface area contributed by atoms with Gasteiger partial charge in [0.2, 0.25) is 0 Å². The first-order valence-corrected chi connectivity index (χ1v) is 13.1. The summed E-state index contributed by atoms with van der Waals surface area (Å²) < 4.78 is 0. The zero-order chi connectivity index (χ0) is 25.5. The van der Waals surface area contributed by atoms with E-state index in [1.54, 1.807) is 0 Å². The molecule has 2 aliphatic rings. The molecule has 1 radical (unpaired) electrons. The second-order valence-corrected chi connectivity index (χ2v) is 12.4. The Morgan fingerprint density at radius 2 is 1.61 bits per heavy atom. The van der Waals surface area contributed by atoms with Gasteiger partial charge in [-0.25, -0.2) is 0 Å². The Morgan fingerprint density at radius 1 is 0.917 bits per heavy atom. The van der Waals surface area contributed by atoms with Crippen LogP contribution in [0.5, 0.6) is 0 Å². The van der Waals surface area contributed by atoms with Crippen LogP contribution in [0.1, 0.15) is 70.1 Å². The van der Waals surface area contributed by atoms with Gasteiger partial charge in [-0.15, -0.1) is 34.9 Å². The van der Waals surface area contributed by atoms with Crippen LogP contribution in [0.25, 0.3) is 22.2 Å². The van der Waals surface area contributed by atoms with E-state index in [1.165, 1.54) is 29.4 Å². The average molecular weight is 665 g/mol. The molecule has 2 saturated carbocycles. The summed E-state index contributed by atoms with van der Waals surface area (Å²) in [6.45, 7) is 14.8. The second-order valence-electron chi connectivity index (χ2n) is 12.4. The first-order valence-electron chi connectivity index (χ1n) is 13.1. The molecule has 2 N–H and O–H groups in total. The number of rotatable bonds is 1. The smallest absolute Gasteiger partial charge is 0.0646 e. The zero-order valence-electron chi connectivity index (χ0n) is 22.9. The Bertz CT molecular complexity index is 1180. The number of hydrogen-bond acceptors (Lipinski definition) is 3. The minimum Gasteiger partial charge on any atom is -0.392 e. The Balaban J connectivity index is 0.000000198. The van der Waals surface area contributed by atoms with Crippen molar-refractivity contribution in [1.82, 2.24) is 4.98 Å². The molecule has 3 aromatic rings. The van der Waals surface area contributed by atoms with Gasteiger partial charge in [0.25, 0.3) is 0 Å². The monoisotopic (exact) mass is 665 g/mol. The maximum atomic E-state index is 10.5. The maximum absolute atomic E-state index is 10.5. The van der Waals surface area contributed by atoms with Crippen molar-refractivity contribution in [2.24, 2.45) is 22.7 Å². The third-order valence-electron chi connectivity index (χ3n) is 8.43. The van der Waals surface area contributed by atoms with Crippen molar-refractivity contribution in [1.29, 1.82) is 0 Å². The summed E-state index contributed by atoms with van der Waals surface area (Å²) in [7, 11) is 0. The molecule has 3 nitrogen and oxygen atoms in total. The van der Waals surface area contributed by atoms with Crippen molar-refractivity contribution in [2.75, 3.05) is 0 Å². The largest absolute Gasteiger partial charge is 0.392 e. The van der Waals surface area contributed by atoms with Crippen LogP contribution in [-0.2, 0) is 20.1 Å². The normalized spacial score (nSPS) is 26.2. The van der Waals surface area contributed by atoms with E-state index in [0.717, 1.165) is 35.2 Å². The number of aliphatic hydroxyl groups excluding tert-OH is 2. The summed E-state index contributed by atoms with van der Waals surface area (Å²) in [5.74, 6) is 0.606. The molecule has 4 unspecified atom stereocenters. The molecule has 4 heteroatoms. The van der Waals surface area contributed by atoms with E-state index < -0.39 is 0 Å². The van der Waals surface area contributed by atoms with E-state index in [2.05, 4.69) is 97.0 Å². The molecule has 0 saturated heterocycles. The molecule has 0 bridgehead atoms. The van der Waals surface area contributed by atoms with Crippen molar-refractivity contribution in [3.8, 4) is 11.3 Å². The molecule has 36 heavy (non-hydrogen) atoms. The molecule has 0 aliphatic heterocycles. The fourth-order valence-electron chi connectivity index (χ4n) is 6.42. The van der Waals surface area contributed by atoms with Gasteiger partial charge >= 0.3 is 0 Å². The fourth-order valence-corrected chi connectivity index (χ4v) is 6.42. The fraction of sp³-hybridized carbons (Fsp3) is 0.531. The number of benzene rings is 2. The van der Waals surface area contributed by atoms with Crippen LogP contribution >= 0.6 is 0 Å². The number of aliphatic hydroxyl groups is 2. The topological polar surface area (TPSA) is 53.4 Å². The van der Waals surface area contributed by atoms with Gasteiger partial charge in [0.15, 0.2) is 0 Å². The first-order chi connectivity index (χ1) is 16.4. The second kappa shape index (κ2) is 11.0. The van der Waals surface area contributed by atoms with Gasteiger partial charge < -0.3 is 10.2 Å². The van der Waals surface area contributed by atoms with Gasteiger partial charge in [-0.3, -0.25) is 4.98 Å². The van der Waals surface area contributed by atoms with Gasteiger partial charge in [0.1, 0.15) is 0 Å². The van der Waals surface area contributed by atoms with Crippen molar-refractivity contribution in [3.63, 3.8) is 0 Å². The van der Waals surface area contributed by atoms with Crippen LogP contribution in [0, 0.1) is 49.5 Å². The minimum absolute atomic E-state index is 0. The predicted molar refractivity (Wildman–Crippen MR) is 145 cm³/mol. The molecule has 0 amide bonds. The van der Waals surface area contributed by atoms with Crippen molar-refractivity contribution < 1.29 is 30.3 Å². The number of pyridine rings is 1. The van der Waals surface area contributed by atoms with Crippen LogP contribution in [0.2, 0.25) is 0 Å². The molecule has 0 spiro atoms. The molecule has 197 valence electrons. The SMILES string of the molecule is CC1(C)CCCC2CC(C)(C)C(O)C2C1O.Cc1[c-]c(-c2ccc3c(C)cccc3n2)cc(C)c1.[Ir]. The van der Waals surface area contributed by atoms with Crippen LogP contribution in [-0.4, -0.2) is 27.4 Å². The summed E-state index contributed by atoms with van der Waals surface area (Å²) in [6, 6.07) is 18.1. The minimum atomic E-state index is -0.350. The molecule has 4 atom stereocenters. The quantitative estimate of drug-likeness (QED) is 0.271. The van der Waals surface area contributed by atoms with Gasteiger partial charge in [0.05, 0.1) is 17.7 Å². The van der Waals surface area contributed by atoms with E-state index in [1.807, 2.05) is 0 Å². The Labute approximate surface area is 231 Å². The molecule has 1 aromatic heterocycles. The number of nitrogens with zero attached hydrogens (tertiary/aromatic N) is 1. The molecule has 2 aromatic carbocycles. The van der Waals surface area contributed by atoms with Gasteiger partial charge in [-0.2, -0.15) is 0 Å². The first kappa shape index (κ1) is 29.0. The molecular weight excluding hydrogens is 623 g/mol. The molecule has 1 heterocycles. The molecule has 2 aliphatic carbocycles. The van der Waals surface area contributed by atoms with Crippen molar-refractivity contribution >= 4 is 10.9 Å². The van der Waals surface area contributed by atoms with Crippen LogP contribution in [0.4, 0.5) is 0 Å². The Hall–Kier alpha value is -1.58. The summed E-state index contributed by atoms with van der Waals surface area (Å²) in [5.41, 5.74) is 6.71. The average Bonchev–Trinajstić information content (AvgIpc) is 2.93. The Kier molecular flexibility index (Phi) is 8.88. The number of aromatic nitrogens is 1. The van der Waals surface area contributed by atoms with Crippen LogP contribution in [0.3, 0.4) is 0 Å². The van der Waals surface area contributed by atoms with Crippen molar-refractivity contribution in [3.05, 3.63) is 65.2 Å². The van der Waals surface area contributed by atoms with E-state index in [4.69, 9.17) is 4.98 Å². The summed E-state index contributed by atoms with van der Waals surface area (Å²) in [6.07, 6.45) is 3.81. The van der Waals surface area contributed by atoms with E-state index in [-0.39, 0.29) is 49.1 Å². The summed E-state index contributed by atoms with van der Waals surface area (Å²) in [4.78, 5) is 4.76. The van der Waals surface area contributed by atoms with Gasteiger partial charge in [-0.1, -0.05) is 72.2 Å². The van der Waals surface area contributed by atoms with E-state index in [0.29, 0.717) is 5.92 Å². The number of fused-ring (bicyclic) bond motifs is 2. The molecule has 2 fully saturated rings. The van der Waals surface area contributed by atoms with E-state index in [9.17, 15) is 10.2 Å². The maximum Gasteiger partial charge on any atom is 0.0646 e. The summed E-state index contributed by atoms with van der Waals surface area (Å²) in [5, 5.41) is 22.2. The molecular formula is C32H42IrNO2-. The van der Waals surface area contributed by atoms with Crippen LogP contribution < -0.4 is 0 Å². The summed E-state index contributed by atoms with van der Waals surface area (Å²) >= 11 is 0. The third-order valence-corrected chi connectivity index (χ3v) is 8.43. The third kappa shape index (κ3) is 5.94. The number of hydrogen-bond donors (Lipinski definition) is 2. The van der Waals surface area contributed by atoms with Gasteiger partial charge in [0, 0.05) is 31.4 Å². The van der Waals surface area contributed by atoms with E-state index >= 15 is 0 Å². The molecule has 5 rings (SSSR count).